The molecule has 2 aromatic carbocycles. The Morgan fingerprint density at radius 3 is 2.49 bits per heavy atom. The van der Waals surface area contributed by atoms with Crippen molar-refractivity contribution in [1.29, 1.82) is 0 Å². The van der Waals surface area contributed by atoms with Crippen molar-refractivity contribution in [2.45, 2.75) is 31.0 Å². The van der Waals surface area contributed by atoms with Crippen LogP contribution in [-0.2, 0) is 16.1 Å². The average molecular weight is 498 g/mol. The molecule has 0 aliphatic carbocycles. The summed E-state index contributed by atoms with van der Waals surface area (Å²) in [6, 6.07) is 13.0. The molecule has 3 aromatic rings. The van der Waals surface area contributed by atoms with E-state index in [0.717, 1.165) is 37.4 Å². The van der Waals surface area contributed by atoms with E-state index < -0.39 is 5.97 Å². The molecule has 1 aliphatic heterocycles. The van der Waals surface area contributed by atoms with Gasteiger partial charge in [0.25, 0.3) is 0 Å². The van der Waals surface area contributed by atoms with Crippen LogP contribution in [0.4, 0.5) is 10.1 Å². The Morgan fingerprint density at radius 2 is 1.77 bits per heavy atom. The Hall–Kier alpha value is -3.24. The SMILES string of the molecule is COC(=O)c1ccccc1N(C)C(=O)CSc1nnc(CN2CCCCC2)n1-c1ccc(F)cc1. The predicted octanol–water partition coefficient (Wildman–Crippen LogP) is 3.93. The van der Waals surface area contributed by atoms with Crippen LogP contribution in [0, 0.1) is 5.82 Å². The molecule has 1 saturated heterocycles. The minimum atomic E-state index is -0.508. The van der Waals surface area contributed by atoms with Crippen molar-refractivity contribution in [1.82, 2.24) is 19.7 Å². The summed E-state index contributed by atoms with van der Waals surface area (Å²) >= 11 is 1.25. The van der Waals surface area contributed by atoms with Crippen LogP contribution in [0.15, 0.2) is 53.7 Å². The molecule has 1 aliphatic rings. The van der Waals surface area contributed by atoms with Gasteiger partial charge in [-0.15, -0.1) is 10.2 Å². The molecule has 1 amide bonds. The van der Waals surface area contributed by atoms with Gasteiger partial charge in [-0.05, 0) is 62.3 Å². The highest BCUT2D eigenvalue weighted by atomic mass is 32.2. The van der Waals surface area contributed by atoms with Gasteiger partial charge >= 0.3 is 5.97 Å². The van der Waals surface area contributed by atoms with Crippen LogP contribution in [0.1, 0.15) is 35.4 Å². The van der Waals surface area contributed by atoms with Gasteiger partial charge in [0.15, 0.2) is 11.0 Å². The molecule has 0 bridgehead atoms. The number of nitrogens with zero attached hydrogens (tertiary/aromatic N) is 5. The van der Waals surface area contributed by atoms with Gasteiger partial charge in [0, 0.05) is 12.7 Å². The fraction of sp³-hybridized carbons (Fsp3) is 0.360. The lowest BCUT2D eigenvalue weighted by atomic mass is 10.1. The van der Waals surface area contributed by atoms with Crippen molar-refractivity contribution in [3.8, 4) is 5.69 Å². The normalized spacial score (nSPS) is 14.0. The quantitative estimate of drug-likeness (QED) is 0.345. The molecule has 1 fully saturated rings. The van der Waals surface area contributed by atoms with Gasteiger partial charge in [-0.2, -0.15) is 0 Å². The van der Waals surface area contributed by atoms with E-state index in [2.05, 4.69) is 15.1 Å². The second-order valence-corrected chi connectivity index (χ2v) is 9.24. The van der Waals surface area contributed by atoms with Crippen LogP contribution >= 0.6 is 11.8 Å². The highest BCUT2D eigenvalue weighted by Gasteiger charge is 2.22. The van der Waals surface area contributed by atoms with Gasteiger partial charge in [-0.3, -0.25) is 14.3 Å². The molecule has 0 atom stereocenters. The lowest BCUT2D eigenvalue weighted by Crippen LogP contribution is -2.30. The van der Waals surface area contributed by atoms with Gasteiger partial charge in [0.05, 0.1) is 30.7 Å². The lowest BCUT2D eigenvalue weighted by Gasteiger charge is -2.26. The summed E-state index contributed by atoms with van der Waals surface area (Å²) in [6.07, 6.45) is 3.54. The number of carbonyl (C=O) groups is 2. The van der Waals surface area contributed by atoms with E-state index in [4.69, 9.17) is 4.74 Å². The Balaban J connectivity index is 1.54. The Bertz CT molecular complexity index is 1180. The van der Waals surface area contributed by atoms with Crippen molar-refractivity contribution in [3.05, 3.63) is 65.7 Å². The number of anilines is 1. The number of aromatic nitrogens is 3. The number of hydrogen-bond donors (Lipinski definition) is 0. The van der Waals surface area contributed by atoms with Gasteiger partial charge in [-0.1, -0.05) is 30.3 Å². The van der Waals surface area contributed by atoms with Crippen LogP contribution in [0.25, 0.3) is 5.69 Å². The summed E-state index contributed by atoms with van der Waals surface area (Å²) in [4.78, 5) is 28.9. The number of amides is 1. The molecule has 35 heavy (non-hydrogen) atoms. The number of methoxy groups -OCH3 is 1. The minimum absolute atomic E-state index is 0.0784. The van der Waals surface area contributed by atoms with Crippen molar-refractivity contribution < 1.29 is 18.7 Å². The van der Waals surface area contributed by atoms with Gasteiger partial charge in [0.2, 0.25) is 5.91 Å². The van der Waals surface area contributed by atoms with Gasteiger partial charge in [0.1, 0.15) is 5.82 Å². The smallest absolute Gasteiger partial charge is 0.339 e. The number of thioether (sulfide) groups is 1. The van der Waals surface area contributed by atoms with Gasteiger partial charge in [-0.25, -0.2) is 9.18 Å². The number of likely N-dealkylation sites (tertiary alicyclic amines) is 1. The number of piperidine rings is 1. The molecule has 8 nitrogen and oxygen atoms in total. The second-order valence-electron chi connectivity index (χ2n) is 8.30. The maximum absolute atomic E-state index is 13.6. The number of halogens is 1. The Morgan fingerprint density at radius 1 is 1.06 bits per heavy atom. The summed E-state index contributed by atoms with van der Waals surface area (Å²) in [7, 11) is 2.93. The van der Waals surface area contributed by atoms with Crippen LogP contribution in [0.5, 0.6) is 0 Å². The first-order valence-electron chi connectivity index (χ1n) is 11.5. The summed E-state index contributed by atoms with van der Waals surface area (Å²) in [6.45, 7) is 2.63. The molecule has 4 rings (SSSR count). The third-order valence-corrected chi connectivity index (χ3v) is 6.88. The van der Waals surface area contributed by atoms with Crippen LogP contribution in [0.3, 0.4) is 0 Å². The van der Waals surface area contributed by atoms with Crippen LogP contribution in [-0.4, -0.2) is 64.5 Å². The molecule has 184 valence electrons. The zero-order chi connectivity index (χ0) is 24.8. The number of rotatable bonds is 8. The largest absolute Gasteiger partial charge is 0.465 e. The van der Waals surface area contributed by atoms with E-state index in [0.29, 0.717) is 23.0 Å². The number of benzene rings is 2. The number of carbonyl (C=O) groups excluding carboxylic acids is 2. The fourth-order valence-electron chi connectivity index (χ4n) is 4.07. The predicted molar refractivity (Wildman–Crippen MR) is 132 cm³/mol. The maximum atomic E-state index is 13.6. The number of esters is 1. The van der Waals surface area contributed by atoms with E-state index in [1.807, 2.05) is 4.57 Å². The highest BCUT2D eigenvalue weighted by Crippen LogP contribution is 2.26. The zero-order valence-electron chi connectivity index (χ0n) is 19.8. The molecule has 0 radical (unpaired) electrons. The molecule has 0 saturated carbocycles. The standard InChI is InChI=1S/C25H28FN5O3S/c1-29(21-9-5-4-8-20(21)24(33)34-2)23(32)17-35-25-28-27-22(16-30-14-6-3-7-15-30)31(25)19-12-10-18(26)11-13-19/h4-5,8-13H,3,6-7,14-17H2,1-2H3. The summed E-state index contributed by atoms with van der Waals surface area (Å²) < 4.78 is 20.3. The molecule has 10 heteroatoms. The number of ether oxygens (including phenoxy) is 1. The van der Waals surface area contributed by atoms with Crippen molar-refractivity contribution in [3.63, 3.8) is 0 Å². The zero-order valence-corrected chi connectivity index (χ0v) is 20.6. The Kier molecular flexibility index (Phi) is 8.14. The molecule has 2 heterocycles. The van der Waals surface area contributed by atoms with E-state index in [-0.39, 0.29) is 17.5 Å². The molecule has 0 spiro atoms. The van der Waals surface area contributed by atoms with Crippen LogP contribution < -0.4 is 4.90 Å². The van der Waals surface area contributed by atoms with Crippen molar-refractivity contribution in [2.75, 3.05) is 37.9 Å². The first-order chi connectivity index (χ1) is 17.0. The summed E-state index contributed by atoms with van der Waals surface area (Å²) in [5.74, 6) is -0.217. The van der Waals surface area contributed by atoms with Crippen molar-refractivity contribution in [2.24, 2.45) is 0 Å². The van der Waals surface area contributed by atoms with Crippen LogP contribution in [0.2, 0.25) is 0 Å². The maximum Gasteiger partial charge on any atom is 0.339 e. The highest BCUT2D eigenvalue weighted by molar-refractivity contribution is 7.99. The van der Waals surface area contributed by atoms with Gasteiger partial charge < -0.3 is 9.64 Å². The summed E-state index contributed by atoms with van der Waals surface area (Å²) in [5.41, 5.74) is 1.52. The number of hydrogen-bond acceptors (Lipinski definition) is 7. The van der Waals surface area contributed by atoms with E-state index in [9.17, 15) is 14.0 Å². The average Bonchev–Trinajstić information content (AvgIpc) is 3.29. The third-order valence-electron chi connectivity index (χ3n) is 5.97. The second kappa shape index (κ2) is 11.5. The minimum Gasteiger partial charge on any atom is -0.465 e. The van der Waals surface area contributed by atoms with E-state index >= 15 is 0 Å². The third kappa shape index (κ3) is 5.88. The monoisotopic (exact) mass is 497 g/mol. The Labute approximate surface area is 208 Å². The lowest BCUT2D eigenvalue weighted by molar-refractivity contribution is -0.115. The van der Waals surface area contributed by atoms with E-state index in [1.54, 1.807) is 43.4 Å². The summed E-state index contributed by atoms with van der Waals surface area (Å²) in [5, 5.41) is 9.31. The first kappa shape index (κ1) is 24.9. The fourth-order valence-corrected chi connectivity index (χ4v) is 4.95. The number of para-hydroxylation sites is 1. The van der Waals surface area contributed by atoms with Crippen molar-refractivity contribution >= 4 is 29.3 Å². The van der Waals surface area contributed by atoms with E-state index in [1.165, 1.54) is 42.3 Å². The first-order valence-corrected chi connectivity index (χ1v) is 12.5. The topological polar surface area (TPSA) is 80.6 Å². The molecule has 0 unspecified atom stereocenters. The molecular weight excluding hydrogens is 469 g/mol. The molecular formula is C25H28FN5O3S. The molecule has 1 aromatic heterocycles. The molecule has 0 N–H and O–H groups in total.